The first-order valence-electron chi connectivity index (χ1n) is 11.2. The van der Waals surface area contributed by atoms with Crippen molar-refractivity contribution in [1.82, 2.24) is 5.43 Å². The number of rotatable bonds is 2. The van der Waals surface area contributed by atoms with E-state index in [1.807, 2.05) is 0 Å². The third-order valence-electron chi connectivity index (χ3n) is 6.73. The van der Waals surface area contributed by atoms with Crippen LogP contribution >= 0.6 is 0 Å². The molecule has 182 valence electrons. The first-order valence-corrected chi connectivity index (χ1v) is 11.2. The smallest absolute Gasteiger partial charge is 0.393 e. The van der Waals surface area contributed by atoms with E-state index in [-0.39, 0.29) is 26.9 Å². The number of quaternary nitrogens is 3. The molecule has 0 aromatic heterocycles. The fraction of sp³-hybridized carbons (Fsp3) is 0.684. The summed E-state index contributed by atoms with van der Waals surface area (Å²) in [5.74, 6) is 0.509. The van der Waals surface area contributed by atoms with Gasteiger partial charge in [0.2, 0.25) is 0 Å². The summed E-state index contributed by atoms with van der Waals surface area (Å²) in [5, 5.41) is 38.0. The maximum atomic E-state index is 11.9. The lowest BCUT2D eigenvalue weighted by Crippen LogP contribution is -3.18. The number of oxime groups is 2. The molecule has 0 spiro atoms. The summed E-state index contributed by atoms with van der Waals surface area (Å²) in [6.07, 6.45) is 3.00. The summed E-state index contributed by atoms with van der Waals surface area (Å²) in [4.78, 5) is 17.8. The van der Waals surface area contributed by atoms with E-state index in [2.05, 4.69) is 15.7 Å². The van der Waals surface area contributed by atoms with E-state index in [0.717, 1.165) is 10.6 Å². The van der Waals surface area contributed by atoms with Crippen LogP contribution in [0.5, 0.6) is 0 Å². The van der Waals surface area contributed by atoms with E-state index in [1.165, 1.54) is 7.11 Å². The Morgan fingerprint density at radius 1 is 1.00 bits per heavy atom. The monoisotopic (exact) mass is 466 g/mol. The molecule has 3 saturated heterocycles. The molecule has 14 nitrogen and oxygen atoms in total. The lowest BCUT2D eigenvalue weighted by atomic mass is 10.1. The van der Waals surface area contributed by atoms with Crippen LogP contribution in [0.15, 0.2) is 15.4 Å². The van der Waals surface area contributed by atoms with Crippen molar-refractivity contribution in [3.8, 4) is 0 Å². The number of hydrogen-bond acceptors (Lipinski definition) is 8. The van der Waals surface area contributed by atoms with Crippen molar-refractivity contribution in [2.45, 2.75) is 38.5 Å². The summed E-state index contributed by atoms with van der Waals surface area (Å²) >= 11 is 0. The normalized spacial score (nSPS) is 28.1. The minimum atomic E-state index is -0.124. The molecule has 0 unspecified atom stereocenters. The van der Waals surface area contributed by atoms with Crippen LogP contribution in [0, 0.1) is 10.8 Å². The molecule has 0 amide bonds. The quantitative estimate of drug-likeness (QED) is 0.0795. The van der Waals surface area contributed by atoms with Crippen LogP contribution in [-0.2, 0) is 9.63 Å². The number of ketones is 1. The van der Waals surface area contributed by atoms with Gasteiger partial charge in [0.25, 0.3) is 0 Å². The minimum absolute atomic E-state index is 0.0612. The second-order valence-corrected chi connectivity index (χ2v) is 8.76. The van der Waals surface area contributed by atoms with E-state index in [9.17, 15) is 4.79 Å². The van der Waals surface area contributed by atoms with E-state index in [0.29, 0.717) is 89.5 Å². The molecule has 0 atom stereocenters. The molecule has 0 saturated carbocycles. The van der Waals surface area contributed by atoms with Gasteiger partial charge in [0.05, 0.1) is 37.4 Å². The molecule has 0 aromatic rings. The summed E-state index contributed by atoms with van der Waals surface area (Å²) in [5.41, 5.74) is 17.1. The fourth-order valence-corrected chi connectivity index (χ4v) is 4.50. The molecular formula is C19H36N11O3+3. The first kappa shape index (κ1) is 24.5. The maximum Gasteiger partial charge on any atom is 0.393 e. The molecule has 3 aliphatic heterocycles. The topological polar surface area (TPSA) is 200 Å². The standard InChI is InChI=1S/C19H34N11O3/c1-33-27-15-2-8-28(9-3-15)19(25-30(18(22)23)12-6-16(31)7-13-30)24-29(17(20)21)10-4-14(26-32)5-11-29/h2-13H2,1H3,(H7-,20,21,22,23,24,25,32)/q+1/p+2. The molecule has 0 radical (unpaired) electrons. The van der Waals surface area contributed by atoms with E-state index in [4.69, 9.17) is 37.4 Å². The van der Waals surface area contributed by atoms with Crippen LogP contribution in [0.4, 0.5) is 0 Å². The second-order valence-electron chi connectivity index (χ2n) is 8.76. The molecule has 3 fully saturated rings. The van der Waals surface area contributed by atoms with Crippen LogP contribution < -0.4 is 21.8 Å². The number of carbonyl (C=O) groups is 1. The largest absolute Gasteiger partial charge is 0.411 e. The average Bonchev–Trinajstić information content (AvgIpc) is 2.81. The highest BCUT2D eigenvalue weighted by atomic mass is 16.6. The Hall–Kier alpha value is -3.10. The van der Waals surface area contributed by atoms with E-state index >= 15 is 0 Å². The summed E-state index contributed by atoms with van der Waals surface area (Å²) in [7, 11) is 1.53. The Labute approximate surface area is 192 Å². The predicted molar refractivity (Wildman–Crippen MR) is 121 cm³/mol. The van der Waals surface area contributed by atoms with Crippen molar-refractivity contribution in [2.75, 3.05) is 46.4 Å². The average molecular weight is 467 g/mol. The van der Waals surface area contributed by atoms with Gasteiger partial charge in [-0.1, -0.05) is 10.3 Å². The third-order valence-corrected chi connectivity index (χ3v) is 6.73. The van der Waals surface area contributed by atoms with Crippen molar-refractivity contribution in [2.24, 2.45) is 26.9 Å². The molecule has 3 rings (SSSR count). The lowest BCUT2D eigenvalue weighted by molar-refractivity contribution is -0.909. The Bertz CT molecular complexity index is 852. The van der Waals surface area contributed by atoms with Gasteiger partial charge in [-0.05, 0) is 0 Å². The number of piperidine rings is 3. The van der Waals surface area contributed by atoms with Crippen LogP contribution in [0.3, 0.4) is 0 Å². The molecule has 0 bridgehead atoms. The number of nitrogens with two attached hydrogens (primary N) is 2. The number of Topliss-reactive ketones (excluding diaryl/α,β-unsaturated/α-hetero) is 1. The van der Waals surface area contributed by atoms with Gasteiger partial charge < -0.3 is 21.5 Å². The number of nitrogens with one attached hydrogen (secondary N) is 4. The predicted octanol–water partition coefficient (Wildman–Crippen LogP) is -2.15. The summed E-state index contributed by atoms with van der Waals surface area (Å²) in [6.45, 7) is 2.87. The Kier molecular flexibility index (Phi) is 7.61. The Morgan fingerprint density at radius 2 is 1.61 bits per heavy atom. The highest BCUT2D eigenvalue weighted by Crippen LogP contribution is 2.19. The highest BCUT2D eigenvalue weighted by molar-refractivity contribution is 5.86. The molecular weight excluding hydrogens is 430 g/mol. The van der Waals surface area contributed by atoms with Crippen LogP contribution in [0.1, 0.15) is 38.5 Å². The van der Waals surface area contributed by atoms with Gasteiger partial charge in [0.15, 0.2) is 0 Å². The molecule has 0 aromatic carbocycles. The van der Waals surface area contributed by atoms with Gasteiger partial charge in [-0.3, -0.25) is 9.69 Å². The van der Waals surface area contributed by atoms with E-state index in [1.54, 1.807) is 0 Å². The summed E-state index contributed by atoms with van der Waals surface area (Å²) in [6, 6.07) is 0. The van der Waals surface area contributed by atoms with Gasteiger partial charge in [0, 0.05) is 30.8 Å². The second kappa shape index (κ2) is 10.2. The molecule has 33 heavy (non-hydrogen) atoms. The van der Waals surface area contributed by atoms with Crippen molar-refractivity contribution in [3.63, 3.8) is 0 Å². The van der Waals surface area contributed by atoms with Gasteiger partial charge in [-0.2, -0.15) is 10.0 Å². The van der Waals surface area contributed by atoms with E-state index < -0.39 is 0 Å². The zero-order chi connectivity index (χ0) is 24.1. The zero-order valence-electron chi connectivity index (χ0n) is 19.1. The molecule has 9 N–H and O–H groups in total. The number of nitrogens with zero attached hydrogens (tertiary/aromatic N) is 5. The number of carbonyl (C=O) groups excluding carboxylic acids is 1. The van der Waals surface area contributed by atoms with Crippen LogP contribution in [0.25, 0.3) is 0 Å². The fourth-order valence-electron chi connectivity index (χ4n) is 4.50. The van der Waals surface area contributed by atoms with Crippen LogP contribution in [-0.4, -0.2) is 95.9 Å². The van der Waals surface area contributed by atoms with Gasteiger partial charge in [0.1, 0.15) is 39.1 Å². The van der Waals surface area contributed by atoms with Crippen molar-refractivity contribution < 1.29 is 28.9 Å². The van der Waals surface area contributed by atoms with Crippen molar-refractivity contribution >= 4 is 35.1 Å². The number of guanidine groups is 3. The third kappa shape index (κ3) is 5.46. The highest BCUT2D eigenvalue weighted by Gasteiger charge is 2.45. The Balaban J connectivity index is 1.96. The minimum Gasteiger partial charge on any atom is -0.411 e. The molecule has 0 aliphatic carbocycles. The van der Waals surface area contributed by atoms with Crippen molar-refractivity contribution in [3.05, 3.63) is 0 Å². The number of hydrogen-bond donors (Lipinski definition) is 7. The van der Waals surface area contributed by atoms with Crippen molar-refractivity contribution in [1.29, 1.82) is 10.8 Å². The summed E-state index contributed by atoms with van der Waals surface area (Å²) < 4.78 is -0.185. The Morgan fingerprint density at radius 3 is 2.09 bits per heavy atom. The van der Waals surface area contributed by atoms with Gasteiger partial charge in [-0.25, -0.2) is 10.8 Å². The lowest BCUT2D eigenvalue weighted by Gasteiger charge is -2.39. The first-order chi connectivity index (χ1) is 15.7. The van der Waals surface area contributed by atoms with Crippen LogP contribution in [0.2, 0.25) is 0 Å². The molecule has 3 aliphatic rings. The number of likely N-dealkylation sites (tertiary alicyclic amines) is 3. The SMILES string of the molecule is CON=C1CC[NH+](C(=N[N+]2(C(=N)N)CCC(=NO)CC2)N[N+]2(C(=N)N)CCC(=O)CC2)CC1. The van der Waals surface area contributed by atoms with Gasteiger partial charge >= 0.3 is 17.9 Å². The molecule has 14 heteroatoms. The molecule has 3 heterocycles. The zero-order valence-corrected chi connectivity index (χ0v) is 19.1. The maximum absolute atomic E-state index is 11.9. The van der Waals surface area contributed by atoms with Gasteiger partial charge in [-0.15, -0.1) is 4.59 Å².